The Morgan fingerprint density at radius 3 is 0.921 bits per heavy atom. The van der Waals surface area contributed by atoms with Crippen LogP contribution in [-0.4, -0.2) is 68.4 Å². The maximum Gasteiger partial charge on any atom is 0.303 e. The summed E-state index contributed by atoms with van der Waals surface area (Å²) in [6.07, 6.45) is 5.85. The molecule has 0 bridgehead atoms. The molecule has 0 fully saturated rings. The number of carboxylic acids is 3. The highest BCUT2D eigenvalue weighted by atomic mass is 16.4. The number of carbonyl (C=O) groups is 3. The Morgan fingerprint density at radius 1 is 0.413 bits per heavy atom. The van der Waals surface area contributed by atoms with Crippen LogP contribution in [0.3, 0.4) is 0 Å². The Labute approximate surface area is 369 Å². The van der Waals surface area contributed by atoms with Crippen molar-refractivity contribution in [1.29, 1.82) is 0 Å². The van der Waals surface area contributed by atoms with Crippen molar-refractivity contribution in [3.8, 4) is 33.4 Å². The molecule has 0 heterocycles. The van der Waals surface area contributed by atoms with E-state index >= 15 is 0 Å². The van der Waals surface area contributed by atoms with Gasteiger partial charge in [0.1, 0.15) is 0 Å². The highest BCUT2D eigenvalue weighted by molar-refractivity contribution is 5.80. The molecule has 0 amide bonds. The normalized spacial score (nSPS) is 12.0. The molecule has 0 aliphatic heterocycles. The molecule has 6 N–H and O–H groups in total. The Bertz CT molecular complexity index is 2270. The summed E-state index contributed by atoms with van der Waals surface area (Å²) >= 11 is 0. The van der Waals surface area contributed by atoms with Gasteiger partial charge in [-0.1, -0.05) is 134 Å². The third-order valence-corrected chi connectivity index (χ3v) is 12.4. The van der Waals surface area contributed by atoms with E-state index < -0.39 is 23.3 Å². The van der Waals surface area contributed by atoms with Gasteiger partial charge in [-0.3, -0.25) is 14.4 Å². The van der Waals surface area contributed by atoms with Gasteiger partial charge in [-0.2, -0.15) is 0 Å². The van der Waals surface area contributed by atoms with Crippen LogP contribution < -0.4 is 0 Å². The van der Waals surface area contributed by atoms with E-state index in [2.05, 4.69) is 91.0 Å². The maximum atomic E-state index is 10.7. The van der Waals surface area contributed by atoms with Gasteiger partial charge in [-0.05, 0) is 128 Å². The molecule has 326 valence electrons. The average Bonchev–Trinajstić information content (AvgIpc) is 4.01. The molecule has 6 aromatic carbocycles. The van der Waals surface area contributed by atoms with E-state index in [1.807, 2.05) is 43.3 Å². The third-order valence-electron chi connectivity index (χ3n) is 12.4. The predicted molar refractivity (Wildman–Crippen MR) is 246 cm³/mol. The summed E-state index contributed by atoms with van der Waals surface area (Å²) in [5.41, 5.74) is 18.5. The quantitative estimate of drug-likeness (QED) is 0.0662. The summed E-state index contributed by atoms with van der Waals surface area (Å²) in [7, 11) is 0. The van der Waals surface area contributed by atoms with Gasteiger partial charge in [0.2, 0.25) is 0 Å². The van der Waals surface area contributed by atoms with Crippen molar-refractivity contribution in [1.82, 2.24) is 0 Å². The van der Waals surface area contributed by atoms with Crippen LogP contribution in [0.15, 0.2) is 127 Å². The molecule has 0 saturated carbocycles. The Morgan fingerprint density at radius 2 is 0.683 bits per heavy atom. The van der Waals surface area contributed by atoms with Crippen LogP contribution in [0, 0.1) is 5.41 Å². The second-order valence-corrected chi connectivity index (χ2v) is 16.3. The van der Waals surface area contributed by atoms with E-state index in [0.717, 1.165) is 19.3 Å². The van der Waals surface area contributed by atoms with Crippen LogP contribution in [0.25, 0.3) is 33.4 Å². The molecule has 0 aromatic heterocycles. The van der Waals surface area contributed by atoms with Crippen LogP contribution in [-0.2, 0) is 52.9 Å². The van der Waals surface area contributed by atoms with Crippen molar-refractivity contribution in [2.24, 2.45) is 5.41 Å². The lowest BCUT2D eigenvalue weighted by Gasteiger charge is -2.24. The number of hydrogen-bond acceptors (Lipinski definition) is 6. The molecule has 6 aromatic rings. The van der Waals surface area contributed by atoms with Gasteiger partial charge in [0.15, 0.2) is 0 Å². The Kier molecular flexibility index (Phi) is 15.8. The third kappa shape index (κ3) is 11.2. The first-order valence-electron chi connectivity index (χ1n) is 21.6. The lowest BCUT2D eigenvalue weighted by molar-refractivity contribution is -0.138. The van der Waals surface area contributed by atoms with Gasteiger partial charge in [-0.15, -0.1) is 0 Å². The van der Waals surface area contributed by atoms with E-state index in [1.165, 1.54) is 83.5 Å². The van der Waals surface area contributed by atoms with Crippen LogP contribution in [0.5, 0.6) is 0 Å². The first kappa shape index (κ1) is 46.1. The van der Waals surface area contributed by atoms with E-state index in [9.17, 15) is 14.4 Å². The van der Waals surface area contributed by atoms with Gasteiger partial charge < -0.3 is 30.6 Å². The monoisotopic (exact) mass is 848 g/mol. The summed E-state index contributed by atoms with van der Waals surface area (Å²) in [5, 5.41) is 52.4. The fourth-order valence-corrected chi connectivity index (χ4v) is 8.58. The van der Waals surface area contributed by atoms with E-state index in [0.29, 0.717) is 25.7 Å². The molecule has 0 saturated heterocycles. The zero-order chi connectivity index (χ0) is 44.9. The van der Waals surface area contributed by atoms with Crippen molar-refractivity contribution < 1.29 is 45.0 Å². The maximum absolute atomic E-state index is 10.7. The molecular weight excluding hydrogens is 793 g/mol. The standard InChI is InChI=1S/3C16H14O2.C6H14O3/c3*17-16(18)9-8-11-5-3-7-14-13-6-2-1-4-12(13)10-15(11)14;1-2-6(3-7,4-8)5-9/h3*1-7H,8-10H2,(H,17,18);7-9H,2-5H2,1H3. The first-order valence-corrected chi connectivity index (χ1v) is 21.6. The Hall–Kier alpha value is -6.39. The zero-order valence-corrected chi connectivity index (χ0v) is 35.7. The van der Waals surface area contributed by atoms with E-state index in [-0.39, 0.29) is 39.1 Å². The highest BCUT2D eigenvalue weighted by Gasteiger charge is 2.25. The molecule has 0 atom stereocenters. The predicted octanol–water partition coefficient (Wildman–Crippen LogP) is 9.18. The second kappa shape index (κ2) is 21.6. The van der Waals surface area contributed by atoms with Gasteiger partial charge in [0, 0.05) is 24.7 Å². The molecule has 63 heavy (non-hydrogen) atoms. The molecule has 9 nitrogen and oxygen atoms in total. The van der Waals surface area contributed by atoms with Crippen molar-refractivity contribution in [3.05, 3.63) is 177 Å². The fourth-order valence-electron chi connectivity index (χ4n) is 8.58. The largest absolute Gasteiger partial charge is 0.481 e. The minimum absolute atomic E-state index is 0.156. The Balaban J connectivity index is 0.000000144. The van der Waals surface area contributed by atoms with Crippen molar-refractivity contribution in [3.63, 3.8) is 0 Å². The molecule has 0 radical (unpaired) electrons. The van der Waals surface area contributed by atoms with E-state index in [1.54, 1.807) is 0 Å². The SMILES string of the molecule is CCC(CO)(CO)CO.O=C(O)CCc1cccc2c1Cc1ccccc1-2.O=C(O)CCc1cccc2c1Cc1ccccc1-2.O=C(O)CCc1cccc2c1Cc1ccccc1-2. The summed E-state index contributed by atoms with van der Waals surface area (Å²) < 4.78 is 0. The fraction of sp³-hybridized carbons (Fsp3) is 0.278. The number of fused-ring (bicyclic) bond motifs is 9. The molecule has 9 heteroatoms. The number of carboxylic acid groups (broad SMARTS) is 3. The minimum Gasteiger partial charge on any atom is -0.481 e. The van der Waals surface area contributed by atoms with Gasteiger partial charge >= 0.3 is 17.9 Å². The van der Waals surface area contributed by atoms with E-state index in [4.69, 9.17) is 30.6 Å². The second-order valence-electron chi connectivity index (χ2n) is 16.3. The van der Waals surface area contributed by atoms with Crippen LogP contribution in [0.4, 0.5) is 0 Å². The summed E-state index contributed by atoms with van der Waals surface area (Å²) in [5.74, 6) is -2.20. The van der Waals surface area contributed by atoms with Crippen LogP contribution in [0.1, 0.15) is 82.7 Å². The van der Waals surface area contributed by atoms with Crippen molar-refractivity contribution in [2.75, 3.05) is 19.8 Å². The number of benzene rings is 6. The number of aliphatic carboxylic acids is 3. The van der Waals surface area contributed by atoms with Gasteiger partial charge in [0.05, 0.1) is 19.8 Å². The molecular formula is C54H56O9. The number of aryl methyl sites for hydroxylation is 3. The molecule has 0 unspecified atom stereocenters. The smallest absolute Gasteiger partial charge is 0.303 e. The molecule has 3 aliphatic rings. The highest BCUT2D eigenvalue weighted by Crippen LogP contribution is 2.40. The first-order chi connectivity index (χ1) is 30.5. The zero-order valence-electron chi connectivity index (χ0n) is 35.7. The number of aliphatic hydroxyl groups is 3. The number of aliphatic hydroxyl groups excluding tert-OH is 3. The summed E-state index contributed by atoms with van der Waals surface area (Å²) in [6, 6.07) is 43.8. The van der Waals surface area contributed by atoms with Gasteiger partial charge in [0.25, 0.3) is 0 Å². The topological polar surface area (TPSA) is 173 Å². The summed E-state index contributed by atoms with van der Waals surface area (Å²) in [4.78, 5) is 32.1. The average molecular weight is 849 g/mol. The lowest BCUT2D eigenvalue weighted by atomic mass is 9.88. The molecule has 9 rings (SSSR count). The van der Waals surface area contributed by atoms with Crippen molar-refractivity contribution >= 4 is 17.9 Å². The number of rotatable bonds is 13. The summed E-state index contributed by atoms with van der Waals surface area (Å²) in [6.45, 7) is 1.35. The molecule has 0 spiro atoms. The molecule has 3 aliphatic carbocycles. The van der Waals surface area contributed by atoms with Crippen LogP contribution in [0.2, 0.25) is 0 Å². The van der Waals surface area contributed by atoms with Crippen LogP contribution >= 0.6 is 0 Å². The minimum atomic E-state index is -0.733. The van der Waals surface area contributed by atoms with Gasteiger partial charge in [-0.25, -0.2) is 0 Å². The lowest BCUT2D eigenvalue weighted by Crippen LogP contribution is -2.32. The van der Waals surface area contributed by atoms with Crippen molar-refractivity contribution in [2.45, 2.75) is 71.1 Å². The number of hydrogen-bond donors (Lipinski definition) is 6.